The van der Waals surface area contributed by atoms with Gasteiger partial charge in [-0.2, -0.15) is 0 Å². The molecule has 7 heteroatoms. The van der Waals surface area contributed by atoms with Crippen molar-refractivity contribution >= 4 is 26.0 Å². The molecule has 1 N–H and O–H groups in total. The Kier molecular flexibility index (Phi) is 5.40. The van der Waals surface area contributed by atoms with E-state index in [0.29, 0.717) is 29.5 Å². The van der Waals surface area contributed by atoms with E-state index in [2.05, 4.69) is 15.9 Å². The first kappa shape index (κ1) is 16.9. The molecule has 1 aliphatic rings. The van der Waals surface area contributed by atoms with Gasteiger partial charge < -0.3 is 5.11 Å². The van der Waals surface area contributed by atoms with Gasteiger partial charge in [-0.3, -0.25) is 0 Å². The van der Waals surface area contributed by atoms with E-state index in [1.54, 1.807) is 12.1 Å². The van der Waals surface area contributed by atoms with Crippen molar-refractivity contribution in [2.75, 3.05) is 19.3 Å². The second kappa shape index (κ2) is 6.73. The fourth-order valence-corrected chi connectivity index (χ4v) is 4.03. The highest BCUT2D eigenvalue weighted by molar-refractivity contribution is 9.10. The first-order chi connectivity index (χ1) is 9.77. The molecule has 4 nitrogen and oxygen atoms in total. The second-order valence-corrected chi connectivity index (χ2v) is 8.39. The molecule has 21 heavy (non-hydrogen) atoms. The quantitative estimate of drug-likeness (QED) is 0.874. The molecule has 2 atom stereocenters. The summed E-state index contributed by atoms with van der Waals surface area (Å²) in [6, 6.07) is 4.44. The zero-order chi connectivity index (χ0) is 15.6. The van der Waals surface area contributed by atoms with E-state index < -0.39 is 16.1 Å². The van der Waals surface area contributed by atoms with E-state index in [1.165, 1.54) is 16.6 Å². The summed E-state index contributed by atoms with van der Waals surface area (Å²) in [6.45, 7) is 0.992. The summed E-state index contributed by atoms with van der Waals surface area (Å²) in [5.74, 6) is -0.251. The third kappa shape index (κ3) is 4.48. The molecule has 0 aromatic heterocycles. The first-order valence-corrected chi connectivity index (χ1v) is 9.49. The molecule has 0 spiro atoms. The number of aliphatic hydroxyl groups is 1. The summed E-state index contributed by atoms with van der Waals surface area (Å²) < 4.78 is 38.2. The molecule has 0 bridgehead atoms. The topological polar surface area (TPSA) is 57.6 Å². The van der Waals surface area contributed by atoms with E-state index in [9.17, 15) is 17.9 Å². The van der Waals surface area contributed by atoms with Gasteiger partial charge >= 0.3 is 0 Å². The van der Waals surface area contributed by atoms with Crippen LogP contribution in [0.3, 0.4) is 0 Å². The lowest BCUT2D eigenvalue weighted by Crippen LogP contribution is -2.39. The fraction of sp³-hybridized carbons (Fsp3) is 0.571. The second-order valence-electron chi connectivity index (χ2n) is 5.55. The molecule has 1 aliphatic heterocycles. The molecular weight excluding hydrogens is 361 g/mol. The summed E-state index contributed by atoms with van der Waals surface area (Å²) in [5.41, 5.74) is 0.639. The molecule has 1 aromatic carbocycles. The number of halogens is 2. The zero-order valence-electron chi connectivity index (χ0n) is 11.8. The minimum absolute atomic E-state index is 0.118. The maximum absolute atomic E-state index is 13.2. The van der Waals surface area contributed by atoms with Gasteiger partial charge in [-0.1, -0.05) is 6.07 Å². The number of benzene rings is 1. The number of piperidine rings is 1. The van der Waals surface area contributed by atoms with Crippen molar-refractivity contribution in [1.29, 1.82) is 0 Å². The van der Waals surface area contributed by atoms with Crippen LogP contribution in [0.5, 0.6) is 0 Å². The van der Waals surface area contributed by atoms with E-state index in [4.69, 9.17) is 0 Å². The van der Waals surface area contributed by atoms with Gasteiger partial charge in [-0.25, -0.2) is 17.1 Å². The van der Waals surface area contributed by atoms with Crippen molar-refractivity contribution in [2.24, 2.45) is 5.92 Å². The molecule has 0 aliphatic carbocycles. The summed E-state index contributed by atoms with van der Waals surface area (Å²) in [5, 5.41) is 10.3. The lowest BCUT2D eigenvalue weighted by molar-refractivity contribution is 0.122. The van der Waals surface area contributed by atoms with Crippen LogP contribution in [0.4, 0.5) is 4.39 Å². The molecule has 0 saturated carbocycles. The van der Waals surface area contributed by atoms with E-state index in [-0.39, 0.29) is 11.7 Å². The Balaban J connectivity index is 2.02. The molecule has 0 radical (unpaired) electrons. The van der Waals surface area contributed by atoms with Crippen molar-refractivity contribution in [3.8, 4) is 0 Å². The third-order valence-electron chi connectivity index (χ3n) is 3.84. The Hall–Kier alpha value is -0.500. The SMILES string of the molecule is CS(=O)(=O)N1CCCC(CC(O)c2ccc(F)c(Br)c2)C1. The highest BCUT2D eigenvalue weighted by Crippen LogP contribution is 2.30. The molecule has 1 saturated heterocycles. The van der Waals surface area contributed by atoms with Crippen LogP contribution >= 0.6 is 15.9 Å². The van der Waals surface area contributed by atoms with Gasteiger partial charge in [0.05, 0.1) is 16.8 Å². The van der Waals surface area contributed by atoms with E-state index >= 15 is 0 Å². The smallest absolute Gasteiger partial charge is 0.211 e. The Morgan fingerprint density at radius 3 is 2.86 bits per heavy atom. The maximum Gasteiger partial charge on any atom is 0.211 e. The summed E-state index contributed by atoms with van der Waals surface area (Å²) in [6.07, 6.45) is 2.67. The van der Waals surface area contributed by atoms with Gasteiger partial charge in [0, 0.05) is 13.1 Å². The van der Waals surface area contributed by atoms with Gasteiger partial charge in [-0.05, 0) is 58.8 Å². The highest BCUT2D eigenvalue weighted by atomic mass is 79.9. The number of aliphatic hydroxyl groups excluding tert-OH is 1. The summed E-state index contributed by atoms with van der Waals surface area (Å²) in [7, 11) is -3.18. The van der Waals surface area contributed by atoms with Crippen molar-refractivity contribution < 1.29 is 17.9 Å². The first-order valence-electron chi connectivity index (χ1n) is 6.85. The Morgan fingerprint density at radius 2 is 2.24 bits per heavy atom. The van der Waals surface area contributed by atoms with Crippen LogP contribution in [0.25, 0.3) is 0 Å². The monoisotopic (exact) mass is 379 g/mol. The van der Waals surface area contributed by atoms with Gasteiger partial charge in [-0.15, -0.1) is 0 Å². The average Bonchev–Trinajstić information content (AvgIpc) is 2.41. The van der Waals surface area contributed by atoms with Crippen molar-refractivity contribution in [2.45, 2.75) is 25.4 Å². The third-order valence-corrected chi connectivity index (χ3v) is 5.71. The minimum Gasteiger partial charge on any atom is -0.388 e. The molecule has 2 unspecified atom stereocenters. The van der Waals surface area contributed by atoms with Crippen LogP contribution in [0.15, 0.2) is 22.7 Å². The number of hydrogen-bond acceptors (Lipinski definition) is 3. The molecule has 118 valence electrons. The van der Waals surface area contributed by atoms with Crippen molar-refractivity contribution in [3.63, 3.8) is 0 Å². The van der Waals surface area contributed by atoms with E-state index in [1.807, 2.05) is 0 Å². The number of rotatable bonds is 4. The average molecular weight is 380 g/mol. The van der Waals surface area contributed by atoms with Crippen LogP contribution in [-0.2, 0) is 10.0 Å². The van der Waals surface area contributed by atoms with E-state index in [0.717, 1.165) is 12.8 Å². The molecule has 2 rings (SSSR count). The zero-order valence-corrected chi connectivity index (χ0v) is 14.2. The predicted octanol–water partition coefficient (Wildman–Crippen LogP) is 2.68. The number of hydrogen-bond donors (Lipinski definition) is 1. The standard InChI is InChI=1S/C14H19BrFNO3S/c1-21(19,20)17-6-2-3-10(9-17)7-14(18)11-4-5-13(16)12(15)8-11/h4-5,8,10,14,18H,2-3,6-7,9H2,1H3. The van der Waals surface area contributed by atoms with Gasteiger partial charge in [0.15, 0.2) is 0 Å². The van der Waals surface area contributed by atoms with Gasteiger partial charge in [0.25, 0.3) is 0 Å². The molecule has 1 aromatic rings. The van der Waals surface area contributed by atoms with Crippen LogP contribution in [0.2, 0.25) is 0 Å². The molecular formula is C14H19BrFNO3S. The van der Waals surface area contributed by atoms with Crippen LogP contribution in [-0.4, -0.2) is 37.2 Å². The van der Waals surface area contributed by atoms with Crippen LogP contribution in [0.1, 0.15) is 30.9 Å². The molecule has 1 fully saturated rings. The molecule has 0 amide bonds. The summed E-state index contributed by atoms with van der Waals surface area (Å²) in [4.78, 5) is 0. The van der Waals surface area contributed by atoms with Crippen molar-refractivity contribution in [3.05, 3.63) is 34.1 Å². The largest absolute Gasteiger partial charge is 0.388 e. The Morgan fingerprint density at radius 1 is 1.52 bits per heavy atom. The van der Waals surface area contributed by atoms with Gasteiger partial charge in [0.2, 0.25) is 10.0 Å². The summed E-state index contributed by atoms with van der Waals surface area (Å²) >= 11 is 3.10. The lowest BCUT2D eigenvalue weighted by Gasteiger charge is -2.32. The lowest BCUT2D eigenvalue weighted by atomic mass is 9.91. The Labute approximate surface area is 133 Å². The van der Waals surface area contributed by atoms with Crippen LogP contribution < -0.4 is 0 Å². The van der Waals surface area contributed by atoms with Gasteiger partial charge in [0.1, 0.15) is 5.82 Å². The normalized spacial score (nSPS) is 22.2. The van der Waals surface area contributed by atoms with Crippen LogP contribution in [0, 0.1) is 11.7 Å². The minimum atomic E-state index is -3.18. The maximum atomic E-state index is 13.2. The fourth-order valence-electron chi connectivity index (χ4n) is 2.69. The van der Waals surface area contributed by atoms with Crippen molar-refractivity contribution in [1.82, 2.24) is 4.31 Å². The predicted molar refractivity (Wildman–Crippen MR) is 82.8 cm³/mol. The number of sulfonamides is 1. The number of nitrogens with zero attached hydrogens (tertiary/aromatic N) is 1. The Bertz CT molecular complexity index is 608. The highest BCUT2D eigenvalue weighted by Gasteiger charge is 2.27. The molecule has 1 heterocycles.